The fraction of sp³-hybridized carbons (Fsp3) is 0.571. The number of hydrogen-bond donors (Lipinski definition) is 2. The van der Waals surface area contributed by atoms with Crippen molar-refractivity contribution in [3.05, 3.63) is 28.2 Å². The van der Waals surface area contributed by atoms with Crippen molar-refractivity contribution in [3.63, 3.8) is 0 Å². The molecule has 0 aromatic heterocycles. The number of nitrogens with zero attached hydrogens (tertiary/aromatic N) is 1. The van der Waals surface area contributed by atoms with Crippen LogP contribution >= 0.6 is 15.9 Å². The summed E-state index contributed by atoms with van der Waals surface area (Å²) in [6.45, 7) is 3.88. The number of halogens is 1. The zero-order valence-electron chi connectivity index (χ0n) is 10.8. The smallest absolute Gasteiger partial charge is 0.0527 e. The molecule has 100 valence electrons. The van der Waals surface area contributed by atoms with Crippen molar-refractivity contribution in [1.82, 2.24) is 4.90 Å². The lowest BCUT2D eigenvalue weighted by Gasteiger charge is -2.26. The third-order valence-electron chi connectivity index (χ3n) is 3.59. The highest BCUT2D eigenvalue weighted by Gasteiger charge is 2.26. The summed E-state index contributed by atoms with van der Waals surface area (Å²) >= 11 is 3.56. The number of nitrogens with two attached hydrogens (primary N) is 1. The van der Waals surface area contributed by atoms with E-state index in [9.17, 15) is 5.11 Å². The maximum Gasteiger partial charge on any atom is 0.0527 e. The van der Waals surface area contributed by atoms with Gasteiger partial charge in [0.2, 0.25) is 0 Å². The van der Waals surface area contributed by atoms with Crippen molar-refractivity contribution in [3.8, 4) is 0 Å². The Morgan fingerprint density at radius 2 is 2.33 bits per heavy atom. The minimum atomic E-state index is -0.222. The van der Waals surface area contributed by atoms with Crippen LogP contribution in [0.3, 0.4) is 0 Å². The molecular formula is C14H21BrN2O. The van der Waals surface area contributed by atoms with E-state index >= 15 is 0 Å². The van der Waals surface area contributed by atoms with Crippen LogP contribution < -0.4 is 5.73 Å². The van der Waals surface area contributed by atoms with Gasteiger partial charge in [-0.3, -0.25) is 4.90 Å². The van der Waals surface area contributed by atoms with Gasteiger partial charge in [0.25, 0.3) is 0 Å². The van der Waals surface area contributed by atoms with Crippen molar-refractivity contribution in [2.45, 2.75) is 44.9 Å². The fourth-order valence-electron chi connectivity index (χ4n) is 2.70. The van der Waals surface area contributed by atoms with Gasteiger partial charge in [-0.2, -0.15) is 0 Å². The Kier molecular flexibility index (Phi) is 4.65. The lowest BCUT2D eigenvalue weighted by Crippen LogP contribution is -2.31. The molecule has 2 rings (SSSR count). The van der Waals surface area contributed by atoms with E-state index in [-0.39, 0.29) is 6.10 Å². The second-order valence-electron chi connectivity index (χ2n) is 5.17. The molecule has 2 atom stereocenters. The second-order valence-corrected chi connectivity index (χ2v) is 5.96. The van der Waals surface area contributed by atoms with E-state index in [2.05, 4.69) is 26.9 Å². The number of hydrogen-bond acceptors (Lipinski definition) is 3. The van der Waals surface area contributed by atoms with Crippen LogP contribution in [0, 0.1) is 0 Å². The lowest BCUT2D eigenvalue weighted by atomic mass is 10.1. The molecule has 1 heterocycles. The first-order valence-electron chi connectivity index (χ1n) is 6.53. The summed E-state index contributed by atoms with van der Waals surface area (Å²) in [5.41, 5.74) is 7.92. The van der Waals surface area contributed by atoms with Crippen molar-refractivity contribution < 1.29 is 5.11 Å². The first-order chi connectivity index (χ1) is 8.58. The van der Waals surface area contributed by atoms with E-state index < -0.39 is 0 Å². The minimum absolute atomic E-state index is 0.222. The molecule has 1 aliphatic rings. The largest absolute Gasteiger partial charge is 0.398 e. The van der Waals surface area contributed by atoms with Crippen LogP contribution in [-0.2, 0) is 6.54 Å². The molecule has 3 N–H and O–H groups in total. The van der Waals surface area contributed by atoms with E-state index in [4.69, 9.17) is 5.73 Å². The van der Waals surface area contributed by atoms with Gasteiger partial charge < -0.3 is 10.8 Å². The molecular weight excluding hydrogens is 292 g/mol. The maximum absolute atomic E-state index is 9.54. The Labute approximate surface area is 117 Å². The summed E-state index contributed by atoms with van der Waals surface area (Å²) in [5, 5.41) is 9.54. The van der Waals surface area contributed by atoms with Gasteiger partial charge in [0.15, 0.2) is 0 Å². The Hall–Kier alpha value is -0.580. The molecule has 0 saturated carbocycles. The van der Waals surface area contributed by atoms with Crippen LogP contribution in [0.25, 0.3) is 0 Å². The minimum Gasteiger partial charge on any atom is -0.398 e. The monoisotopic (exact) mass is 312 g/mol. The highest BCUT2D eigenvalue weighted by Crippen LogP contribution is 2.29. The zero-order chi connectivity index (χ0) is 13.1. The van der Waals surface area contributed by atoms with Gasteiger partial charge >= 0.3 is 0 Å². The number of anilines is 1. The van der Waals surface area contributed by atoms with Crippen molar-refractivity contribution in [2.75, 3.05) is 12.3 Å². The molecule has 18 heavy (non-hydrogen) atoms. The first kappa shape index (κ1) is 13.8. The summed E-state index contributed by atoms with van der Waals surface area (Å²) in [7, 11) is 0. The predicted molar refractivity (Wildman–Crippen MR) is 78.3 cm³/mol. The third-order valence-corrected chi connectivity index (χ3v) is 4.56. The Morgan fingerprint density at radius 1 is 1.56 bits per heavy atom. The predicted octanol–water partition coefficient (Wildman–Crippen LogP) is 2.77. The highest BCUT2D eigenvalue weighted by molar-refractivity contribution is 9.10. The van der Waals surface area contributed by atoms with Gasteiger partial charge in [0.05, 0.1) is 6.10 Å². The Balaban J connectivity index is 2.06. The summed E-state index contributed by atoms with van der Waals surface area (Å²) < 4.78 is 1.01. The van der Waals surface area contributed by atoms with Gasteiger partial charge in [-0.05, 0) is 60.3 Å². The quantitative estimate of drug-likeness (QED) is 0.841. The van der Waals surface area contributed by atoms with Crippen LogP contribution in [0.2, 0.25) is 0 Å². The zero-order valence-corrected chi connectivity index (χ0v) is 12.4. The van der Waals surface area contributed by atoms with E-state index in [1.165, 1.54) is 18.4 Å². The number of benzene rings is 1. The van der Waals surface area contributed by atoms with Crippen molar-refractivity contribution in [2.24, 2.45) is 0 Å². The molecule has 0 spiro atoms. The van der Waals surface area contributed by atoms with Gasteiger partial charge in [-0.1, -0.05) is 12.1 Å². The molecule has 4 heteroatoms. The van der Waals surface area contributed by atoms with Crippen LogP contribution in [0.5, 0.6) is 0 Å². The number of aliphatic hydroxyl groups excluding tert-OH is 1. The molecule has 1 aliphatic heterocycles. The van der Waals surface area contributed by atoms with E-state index in [1.807, 2.05) is 19.1 Å². The molecule has 1 saturated heterocycles. The number of likely N-dealkylation sites (tertiary alicyclic amines) is 1. The molecule has 0 amide bonds. The van der Waals surface area contributed by atoms with Gasteiger partial charge in [-0.15, -0.1) is 0 Å². The summed E-state index contributed by atoms with van der Waals surface area (Å²) in [6.07, 6.45) is 3.04. The Morgan fingerprint density at radius 3 is 3.06 bits per heavy atom. The number of aliphatic hydroxyl groups is 1. The molecule has 0 aliphatic carbocycles. The van der Waals surface area contributed by atoms with Crippen LogP contribution in [-0.4, -0.2) is 28.7 Å². The van der Waals surface area contributed by atoms with Gasteiger partial charge in [0.1, 0.15) is 0 Å². The lowest BCUT2D eigenvalue weighted by molar-refractivity contribution is 0.130. The molecule has 1 aromatic rings. The average molecular weight is 313 g/mol. The average Bonchev–Trinajstić information content (AvgIpc) is 2.72. The van der Waals surface area contributed by atoms with Crippen LogP contribution in [0.1, 0.15) is 31.7 Å². The van der Waals surface area contributed by atoms with Crippen molar-refractivity contribution >= 4 is 21.6 Å². The molecule has 2 unspecified atom stereocenters. The summed E-state index contributed by atoms with van der Waals surface area (Å²) in [5.74, 6) is 0. The highest BCUT2D eigenvalue weighted by atomic mass is 79.9. The molecule has 0 bridgehead atoms. The fourth-order valence-corrected chi connectivity index (χ4v) is 3.09. The molecule has 0 radical (unpaired) electrons. The maximum atomic E-state index is 9.54. The summed E-state index contributed by atoms with van der Waals surface area (Å²) in [4.78, 5) is 2.45. The topological polar surface area (TPSA) is 49.5 Å². The summed E-state index contributed by atoms with van der Waals surface area (Å²) in [6, 6.07) is 6.51. The molecule has 1 aromatic carbocycles. The molecule has 3 nitrogen and oxygen atoms in total. The van der Waals surface area contributed by atoms with Crippen molar-refractivity contribution in [1.29, 1.82) is 0 Å². The molecule has 1 fully saturated rings. The second kappa shape index (κ2) is 6.04. The van der Waals surface area contributed by atoms with Gasteiger partial charge in [-0.25, -0.2) is 0 Å². The van der Waals surface area contributed by atoms with Gasteiger partial charge in [0, 0.05) is 22.7 Å². The Bertz CT molecular complexity index is 409. The normalized spacial score (nSPS) is 22.3. The number of rotatable bonds is 4. The van der Waals surface area contributed by atoms with E-state index in [0.717, 1.165) is 29.7 Å². The SMILES string of the molecule is CC(O)CC1CCCN1Cc1cccc(N)c1Br. The first-order valence-corrected chi connectivity index (χ1v) is 7.32. The van der Waals surface area contributed by atoms with Crippen LogP contribution in [0.4, 0.5) is 5.69 Å². The van der Waals surface area contributed by atoms with E-state index in [0.29, 0.717) is 6.04 Å². The standard InChI is InChI=1S/C14H21BrN2O/c1-10(18)8-12-5-3-7-17(12)9-11-4-2-6-13(16)14(11)15/h2,4,6,10,12,18H,3,5,7-9,16H2,1H3. The van der Waals surface area contributed by atoms with E-state index in [1.54, 1.807) is 0 Å². The number of nitrogen functional groups attached to an aromatic ring is 1. The van der Waals surface area contributed by atoms with Crippen LogP contribution in [0.15, 0.2) is 22.7 Å². The third kappa shape index (κ3) is 3.25.